The molecule has 1 fully saturated rings. The number of nitrogens with zero attached hydrogens (tertiary/aromatic N) is 2. The Bertz CT molecular complexity index is 899. The topological polar surface area (TPSA) is 99.0 Å². The fourth-order valence-electron chi connectivity index (χ4n) is 2.97. The van der Waals surface area contributed by atoms with Crippen LogP contribution in [0.2, 0.25) is 0 Å². The lowest BCUT2D eigenvalue weighted by Crippen LogP contribution is -2.44. The molecule has 29 heavy (non-hydrogen) atoms. The van der Waals surface area contributed by atoms with Gasteiger partial charge in [0.2, 0.25) is 6.10 Å². The molecule has 2 aromatic rings. The molecule has 0 aliphatic carbocycles. The zero-order valence-corrected chi connectivity index (χ0v) is 16.6. The summed E-state index contributed by atoms with van der Waals surface area (Å²) in [5, 5.41) is 11.3. The van der Waals surface area contributed by atoms with Crippen LogP contribution in [0.3, 0.4) is 0 Å². The molecule has 1 atom stereocenters. The molecular formula is C20H20N2O6S. The van der Waals surface area contributed by atoms with E-state index in [2.05, 4.69) is 0 Å². The first kappa shape index (κ1) is 20.8. The van der Waals surface area contributed by atoms with E-state index in [1.807, 2.05) is 0 Å². The highest BCUT2D eigenvalue weighted by Crippen LogP contribution is 2.29. The fourth-order valence-corrected chi connectivity index (χ4v) is 3.52. The number of carbonyl (C=O) groups is 2. The molecule has 0 radical (unpaired) electrons. The highest BCUT2D eigenvalue weighted by Gasteiger charge is 2.31. The number of carbonyl (C=O) groups excluding carboxylic acids is 2. The number of morpholine rings is 1. The summed E-state index contributed by atoms with van der Waals surface area (Å²) in [4.78, 5) is 38.5. The van der Waals surface area contributed by atoms with Crippen LogP contribution in [0.5, 0.6) is 0 Å². The van der Waals surface area contributed by atoms with Crippen molar-refractivity contribution in [3.8, 4) is 0 Å². The van der Waals surface area contributed by atoms with Crippen molar-refractivity contribution in [3.05, 3.63) is 69.8 Å². The van der Waals surface area contributed by atoms with Crippen LogP contribution < -0.4 is 0 Å². The number of rotatable bonds is 6. The molecule has 3 rings (SSSR count). The van der Waals surface area contributed by atoms with Gasteiger partial charge in [0.25, 0.3) is 11.6 Å². The minimum absolute atomic E-state index is 0.0187. The second-order valence-corrected chi connectivity index (χ2v) is 7.13. The van der Waals surface area contributed by atoms with Gasteiger partial charge in [-0.2, -0.15) is 0 Å². The highest BCUT2D eigenvalue weighted by molar-refractivity contribution is 7.98. The average molecular weight is 416 g/mol. The lowest BCUT2D eigenvalue weighted by molar-refractivity contribution is -0.387. The Morgan fingerprint density at radius 3 is 2.48 bits per heavy atom. The van der Waals surface area contributed by atoms with Gasteiger partial charge in [-0.1, -0.05) is 30.3 Å². The van der Waals surface area contributed by atoms with Gasteiger partial charge in [0.05, 0.1) is 28.6 Å². The first-order valence-electron chi connectivity index (χ1n) is 8.96. The Kier molecular flexibility index (Phi) is 6.84. The normalized spacial score (nSPS) is 14.9. The standard InChI is InChI=1S/C20H20N2O6S/c1-29-17-8-7-15(13-16(17)22(25)26)20(24)28-18(14-5-3-2-4-6-14)19(23)21-9-11-27-12-10-21/h2-8,13,18H,9-12H2,1H3/t18-/m1/s1. The van der Waals surface area contributed by atoms with Gasteiger partial charge < -0.3 is 14.4 Å². The van der Waals surface area contributed by atoms with Crippen molar-refractivity contribution in [2.24, 2.45) is 0 Å². The molecule has 0 spiro atoms. The van der Waals surface area contributed by atoms with Gasteiger partial charge in [-0.3, -0.25) is 14.9 Å². The maximum Gasteiger partial charge on any atom is 0.339 e. The Labute approximate surface area is 171 Å². The average Bonchev–Trinajstić information content (AvgIpc) is 2.77. The van der Waals surface area contributed by atoms with Gasteiger partial charge in [0.15, 0.2) is 0 Å². The minimum atomic E-state index is -1.14. The molecule has 0 saturated carbocycles. The van der Waals surface area contributed by atoms with Crippen LogP contribution in [0.25, 0.3) is 0 Å². The van der Waals surface area contributed by atoms with E-state index in [0.29, 0.717) is 36.8 Å². The summed E-state index contributed by atoms with van der Waals surface area (Å²) in [5.74, 6) is -1.14. The Morgan fingerprint density at radius 2 is 1.86 bits per heavy atom. The van der Waals surface area contributed by atoms with Crippen LogP contribution in [-0.4, -0.2) is 54.3 Å². The number of benzene rings is 2. The highest BCUT2D eigenvalue weighted by atomic mass is 32.2. The van der Waals surface area contributed by atoms with Crippen LogP contribution in [0.1, 0.15) is 22.0 Å². The third-order valence-corrected chi connectivity index (χ3v) is 5.27. The summed E-state index contributed by atoms with van der Waals surface area (Å²) in [6.07, 6.45) is 0.577. The number of nitro benzene ring substituents is 1. The van der Waals surface area contributed by atoms with Crippen molar-refractivity contribution in [3.63, 3.8) is 0 Å². The summed E-state index contributed by atoms with van der Waals surface area (Å²) in [7, 11) is 0. The molecule has 152 valence electrons. The Hall–Kier alpha value is -2.91. The van der Waals surface area contributed by atoms with Crippen molar-refractivity contribution >= 4 is 29.3 Å². The Balaban J connectivity index is 1.87. The van der Waals surface area contributed by atoms with Gasteiger partial charge >= 0.3 is 5.97 Å². The molecular weight excluding hydrogens is 396 g/mol. The molecule has 0 N–H and O–H groups in total. The quantitative estimate of drug-likeness (QED) is 0.309. The van der Waals surface area contributed by atoms with Gasteiger partial charge in [-0.15, -0.1) is 11.8 Å². The molecule has 8 nitrogen and oxygen atoms in total. The zero-order chi connectivity index (χ0) is 20.8. The SMILES string of the molecule is CSc1ccc(C(=O)O[C@@H](C(=O)N2CCOCC2)c2ccccc2)cc1[N+](=O)[O-]. The second-order valence-electron chi connectivity index (χ2n) is 6.28. The minimum Gasteiger partial charge on any atom is -0.444 e. The van der Waals surface area contributed by atoms with E-state index in [-0.39, 0.29) is 17.2 Å². The summed E-state index contributed by atoms with van der Waals surface area (Å²) in [5.41, 5.74) is 0.375. The van der Waals surface area contributed by atoms with Crippen LogP contribution in [0, 0.1) is 10.1 Å². The van der Waals surface area contributed by atoms with Crippen LogP contribution >= 0.6 is 11.8 Å². The first-order valence-corrected chi connectivity index (χ1v) is 10.2. The van der Waals surface area contributed by atoms with Crippen molar-refractivity contribution in [2.45, 2.75) is 11.0 Å². The molecule has 0 unspecified atom stereocenters. The summed E-state index contributed by atoms with van der Waals surface area (Å²) < 4.78 is 10.8. The molecule has 1 aliphatic heterocycles. The first-order chi connectivity index (χ1) is 14.0. The third kappa shape index (κ3) is 4.93. The lowest BCUT2D eigenvalue weighted by Gasteiger charge is -2.30. The molecule has 1 aliphatic rings. The Morgan fingerprint density at radius 1 is 1.17 bits per heavy atom. The van der Waals surface area contributed by atoms with Gasteiger partial charge in [-0.05, 0) is 18.4 Å². The predicted molar refractivity (Wildman–Crippen MR) is 107 cm³/mol. The summed E-state index contributed by atoms with van der Waals surface area (Å²) >= 11 is 1.21. The van der Waals surface area contributed by atoms with Gasteiger partial charge in [-0.25, -0.2) is 4.79 Å². The van der Waals surface area contributed by atoms with E-state index in [1.165, 1.54) is 30.0 Å². The maximum atomic E-state index is 13.0. The van der Waals surface area contributed by atoms with Crippen LogP contribution in [-0.2, 0) is 14.3 Å². The number of nitro groups is 1. The summed E-state index contributed by atoms with van der Waals surface area (Å²) in [6, 6.07) is 12.8. The van der Waals surface area contributed by atoms with Gasteiger partial charge in [0.1, 0.15) is 0 Å². The number of thioether (sulfide) groups is 1. The van der Waals surface area contributed by atoms with E-state index in [4.69, 9.17) is 9.47 Å². The largest absolute Gasteiger partial charge is 0.444 e. The number of hydrogen-bond donors (Lipinski definition) is 0. The monoisotopic (exact) mass is 416 g/mol. The molecule has 1 saturated heterocycles. The molecule has 9 heteroatoms. The molecule has 0 bridgehead atoms. The van der Waals surface area contributed by atoms with E-state index in [1.54, 1.807) is 41.5 Å². The van der Waals surface area contributed by atoms with Gasteiger partial charge in [0, 0.05) is 24.7 Å². The maximum absolute atomic E-state index is 13.0. The zero-order valence-electron chi connectivity index (χ0n) is 15.8. The number of amides is 1. The van der Waals surface area contributed by atoms with Crippen molar-refractivity contribution in [1.29, 1.82) is 0 Å². The van der Waals surface area contributed by atoms with Crippen molar-refractivity contribution in [1.82, 2.24) is 4.90 Å². The van der Waals surface area contributed by atoms with Crippen molar-refractivity contribution in [2.75, 3.05) is 32.6 Å². The van der Waals surface area contributed by atoms with Crippen LogP contribution in [0.15, 0.2) is 53.4 Å². The third-order valence-electron chi connectivity index (χ3n) is 4.49. The van der Waals surface area contributed by atoms with E-state index < -0.39 is 17.0 Å². The molecule has 1 heterocycles. The van der Waals surface area contributed by atoms with Crippen molar-refractivity contribution < 1.29 is 24.0 Å². The number of hydrogen-bond acceptors (Lipinski definition) is 7. The predicted octanol–water partition coefficient (Wildman–Crippen LogP) is 3.07. The lowest BCUT2D eigenvalue weighted by atomic mass is 10.1. The fraction of sp³-hybridized carbons (Fsp3) is 0.300. The second kappa shape index (κ2) is 9.53. The van der Waals surface area contributed by atoms with Crippen LogP contribution in [0.4, 0.5) is 5.69 Å². The van der Waals surface area contributed by atoms with E-state index >= 15 is 0 Å². The molecule has 1 amide bonds. The summed E-state index contributed by atoms with van der Waals surface area (Å²) in [6.45, 7) is 1.66. The molecule has 0 aromatic heterocycles. The smallest absolute Gasteiger partial charge is 0.339 e. The number of ether oxygens (including phenoxy) is 2. The van der Waals surface area contributed by atoms with E-state index in [9.17, 15) is 19.7 Å². The van der Waals surface area contributed by atoms with E-state index in [0.717, 1.165) is 0 Å². The molecule has 2 aromatic carbocycles. The number of esters is 1.